The Balaban J connectivity index is 1.44. The molecule has 1 aliphatic heterocycles. The Kier molecular flexibility index (Phi) is 6.62. The molecule has 0 unspecified atom stereocenters. The van der Waals surface area contributed by atoms with Gasteiger partial charge >= 0.3 is 0 Å². The van der Waals surface area contributed by atoms with Crippen LogP contribution in [0.3, 0.4) is 0 Å². The number of rotatable bonds is 8. The first kappa shape index (κ1) is 20.8. The van der Waals surface area contributed by atoms with Gasteiger partial charge in [0.15, 0.2) is 5.13 Å². The van der Waals surface area contributed by atoms with Gasteiger partial charge in [-0.15, -0.1) is 11.3 Å². The first-order chi connectivity index (χ1) is 14.6. The van der Waals surface area contributed by atoms with Crippen LogP contribution in [-0.4, -0.2) is 46.7 Å². The van der Waals surface area contributed by atoms with E-state index in [2.05, 4.69) is 56.5 Å². The van der Waals surface area contributed by atoms with Crippen molar-refractivity contribution in [1.29, 1.82) is 0 Å². The summed E-state index contributed by atoms with van der Waals surface area (Å²) in [5.74, 6) is 0.852. The highest BCUT2D eigenvalue weighted by molar-refractivity contribution is 7.13. The summed E-state index contributed by atoms with van der Waals surface area (Å²) in [6.07, 6.45) is 2.32. The summed E-state index contributed by atoms with van der Waals surface area (Å²) >= 11 is 1.60. The lowest BCUT2D eigenvalue weighted by molar-refractivity contribution is 0.244. The minimum Gasteiger partial charge on any atom is -0.395 e. The van der Waals surface area contributed by atoms with Gasteiger partial charge in [-0.25, -0.2) is 9.97 Å². The molecule has 4 rings (SSSR count). The number of likely N-dealkylation sites (tertiary alicyclic amines) is 1. The number of nitrogens with zero attached hydrogens (tertiary/aromatic N) is 4. The predicted molar refractivity (Wildman–Crippen MR) is 124 cm³/mol. The number of hydrogen-bond acceptors (Lipinski definition) is 7. The van der Waals surface area contributed by atoms with E-state index >= 15 is 0 Å². The van der Waals surface area contributed by atoms with E-state index in [9.17, 15) is 0 Å². The van der Waals surface area contributed by atoms with E-state index in [4.69, 9.17) is 10.1 Å². The molecule has 3 aromatic rings. The number of pyridine rings is 1. The lowest BCUT2D eigenvalue weighted by Crippen LogP contribution is -2.24. The number of nitrogens with one attached hydrogen (secondary N) is 1. The third-order valence-electron chi connectivity index (χ3n) is 5.53. The minimum atomic E-state index is 0.163. The van der Waals surface area contributed by atoms with Crippen molar-refractivity contribution < 1.29 is 5.11 Å². The molecule has 6 nitrogen and oxygen atoms in total. The second-order valence-electron chi connectivity index (χ2n) is 7.81. The molecule has 0 amide bonds. The number of aromatic nitrogens is 2. The van der Waals surface area contributed by atoms with Crippen molar-refractivity contribution in [3.8, 4) is 0 Å². The van der Waals surface area contributed by atoms with Gasteiger partial charge in [0, 0.05) is 31.2 Å². The Morgan fingerprint density at radius 2 is 2.03 bits per heavy atom. The molecule has 1 atom stereocenters. The highest BCUT2D eigenvalue weighted by Gasteiger charge is 2.27. The van der Waals surface area contributed by atoms with E-state index in [0.29, 0.717) is 12.6 Å². The van der Waals surface area contributed by atoms with Crippen LogP contribution in [-0.2, 0) is 6.54 Å². The number of likely N-dealkylation sites (N-methyl/N-ethyl adjacent to an activating group) is 1. The zero-order valence-corrected chi connectivity index (χ0v) is 18.4. The summed E-state index contributed by atoms with van der Waals surface area (Å²) in [6.45, 7) is 4.81. The van der Waals surface area contributed by atoms with Gasteiger partial charge in [0.05, 0.1) is 24.0 Å². The molecule has 158 valence electrons. The Bertz CT molecular complexity index is 958. The van der Waals surface area contributed by atoms with Crippen molar-refractivity contribution in [1.82, 2.24) is 14.9 Å². The summed E-state index contributed by atoms with van der Waals surface area (Å²) in [5.41, 5.74) is 4.57. The molecule has 7 heteroatoms. The molecular weight excluding hydrogens is 394 g/mol. The first-order valence-electron chi connectivity index (χ1n) is 10.4. The predicted octanol–water partition coefficient (Wildman–Crippen LogP) is 4.36. The maximum atomic E-state index is 9.12. The molecule has 1 saturated heterocycles. The van der Waals surface area contributed by atoms with Gasteiger partial charge in [-0.1, -0.05) is 18.2 Å². The minimum absolute atomic E-state index is 0.163. The van der Waals surface area contributed by atoms with Crippen LogP contribution in [0.5, 0.6) is 0 Å². The molecule has 0 bridgehead atoms. The molecule has 3 heterocycles. The van der Waals surface area contributed by atoms with Crippen molar-refractivity contribution >= 4 is 28.0 Å². The Hall–Kier alpha value is -2.48. The van der Waals surface area contributed by atoms with Gasteiger partial charge in [-0.05, 0) is 56.1 Å². The average Bonchev–Trinajstić information content (AvgIpc) is 3.38. The Morgan fingerprint density at radius 3 is 2.77 bits per heavy atom. The van der Waals surface area contributed by atoms with Crippen LogP contribution in [0.4, 0.5) is 16.6 Å². The number of thiazole rings is 1. The van der Waals surface area contributed by atoms with E-state index < -0.39 is 0 Å². The SMILES string of the molecule is Cc1csc(Nc2cccc([C@@H]3CCCN3Cc3ccc(N(C)CCO)cc3)n2)n1. The summed E-state index contributed by atoms with van der Waals surface area (Å²) in [6, 6.07) is 15.2. The van der Waals surface area contributed by atoms with Crippen molar-refractivity contribution in [3.63, 3.8) is 0 Å². The first-order valence-corrected chi connectivity index (χ1v) is 11.3. The fourth-order valence-electron chi connectivity index (χ4n) is 3.95. The van der Waals surface area contributed by atoms with Crippen LogP contribution >= 0.6 is 11.3 Å². The zero-order chi connectivity index (χ0) is 20.9. The molecule has 2 aromatic heterocycles. The van der Waals surface area contributed by atoms with Crippen molar-refractivity contribution in [2.24, 2.45) is 0 Å². The average molecular weight is 424 g/mol. The number of aliphatic hydroxyl groups excluding tert-OH is 1. The van der Waals surface area contributed by atoms with Gasteiger partial charge in [-0.3, -0.25) is 4.90 Å². The van der Waals surface area contributed by atoms with Crippen molar-refractivity contribution in [2.45, 2.75) is 32.4 Å². The molecule has 1 aliphatic rings. The van der Waals surface area contributed by atoms with E-state index in [0.717, 1.165) is 47.5 Å². The fourth-order valence-corrected chi connectivity index (χ4v) is 4.64. The maximum Gasteiger partial charge on any atom is 0.188 e. The largest absolute Gasteiger partial charge is 0.395 e. The van der Waals surface area contributed by atoms with Crippen LogP contribution in [0.25, 0.3) is 0 Å². The second kappa shape index (κ2) is 9.55. The number of anilines is 3. The number of hydrogen-bond donors (Lipinski definition) is 2. The molecule has 0 spiro atoms. The van der Waals surface area contributed by atoms with Gasteiger partial charge in [0.2, 0.25) is 0 Å². The van der Waals surface area contributed by atoms with Gasteiger partial charge in [0.1, 0.15) is 5.82 Å². The van der Waals surface area contributed by atoms with Crippen LogP contribution in [0, 0.1) is 6.92 Å². The van der Waals surface area contributed by atoms with Crippen LogP contribution in [0.2, 0.25) is 0 Å². The zero-order valence-electron chi connectivity index (χ0n) is 17.6. The van der Waals surface area contributed by atoms with E-state index in [1.165, 1.54) is 12.0 Å². The van der Waals surface area contributed by atoms with Gasteiger partial charge < -0.3 is 15.3 Å². The van der Waals surface area contributed by atoms with Crippen LogP contribution in [0.1, 0.15) is 35.8 Å². The maximum absolute atomic E-state index is 9.12. The second-order valence-corrected chi connectivity index (χ2v) is 8.66. The van der Waals surface area contributed by atoms with Crippen LogP contribution in [0.15, 0.2) is 47.8 Å². The summed E-state index contributed by atoms with van der Waals surface area (Å²) in [7, 11) is 2.00. The third-order valence-corrected chi connectivity index (χ3v) is 6.40. The topological polar surface area (TPSA) is 64.5 Å². The molecule has 0 aliphatic carbocycles. The molecule has 30 heavy (non-hydrogen) atoms. The number of benzene rings is 1. The normalized spacial score (nSPS) is 16.7. The van der Waals surface area contributed by atoms with Gasteiger partial charge in [0.25, 0.3) is 0 Å². The number of aryl methyl sites for hydroxylation is 1. The van der Waals surface area contributed by atoms with E-state index in [1.54, 1.807) is 11.3 Å². The molecule has 1 fully saturated rings. The fraction of sp³-hybridized carbons (Fsp3) is 0.391. The van der Waals surface area contributed by atoms with Crippen molar-refractivity contribution in [2.75, 3.05) is 37.0 Å². The molecule has 2 N–H and O–H groups in total. The van der Waals surface area contributed by atoms with Gasteiger partial charge in [-0.2, -0.15) is 0 Å². The summed E-state index contributed by atoms with van der Waals surface area (Å²) < 4.78 is 0. The van der Waals surface area contributed by atoms with E-state index in [-0.39, 0.29) is 6.61 Å². The summed E-state index contributed by atoms with van der Waals surface area (Å²) in [4.78, 5) is 14.0. The highest BCUT2D eigenvalue weighted by Crippen LogP contribution is 2.33. The van der Waals surface area contributed by atoms with Crippen molar-refractivity contribution in [3.05, 3.63) is 64.8 Å². The van der Waals surface area contributed by atoms with Crippen LogP contribution < -0.4 is 10.2 Å². The Labute approximate surface area is 182 Å². The lowest BCUT2D eigenvalue weighted by Gasteiger charge is -2.25. The standard InChI is InChI=1S/C23H29N5OS/c1-17-16-30-23(24-17)26-22-7-3-5-20(25-22)21-6-4-12-28(21)15-18-8-10-19(11-9-18)27(2)13-14-29/h3,5,7-11,16,21,29H,4,6,12-15H2,1-2H3,(H,24,25,26)/t21-/m0/s1. The Morgan fingerprint density at radius 1 is 1.20 bits per heavy atom. The molecular formula is C23H29N5OS. The van der Waals surface area contributed by atoms with E-state index in [1.807, 2.05) is 25.4 Å². The lowest BCUT2D eigenvalue weighted by atomic mass is 10.1. The molecule has 1 aromatic carbocycles. The monoisotopic (exact) mass is 423 g/mol. The highest BCUT2D eigenvalue weighted by atomic mass is 32.1. The molecule has 0 radical (unpaired) electrons. The molecule has 0 saturated carbocycles. The smallest absolute Gasteiger partial charge is 0.188 e. The third kappa shape index (κ3) is 4.98. The number of aliphatic hydroxyl groups is 1. The summed E-state index contributed by atoms with van der Waals surface area (Å²) in [5, 5.41) is 15.4. The quantitative estimate of drug-likeness (QED) is 0.561.